The lowest BCUT2D eigenvalue weighted by Gasteiger charge is -2.24. The highest BCUT2D eigenvalue weighted by Gasteiger charge is 2.26. The first kappa shape index (κ1) is 34.1. The molecule has 0 amide bonds. The van der Waals surface area contributed by atoms with E-state index in [1.54, 1.807) is 0 Å². The van der Waals surface area contributed by atoms with Gasteiger partial charge in [0, 0.05) is 44.8 Å². The van der Waals surface area contributed by atoms with E-state index in [2.05, 4.69) is 180 Å². The van der Waals surface area contributed by atoms with Crippen LogP contribution in [-0.2, 0) is 0 Å². The van der Waals surface area contributed by atoms with Gasteiger partial charge in [0.1, 0.15) is 16.7 Å². The topological polar surface area (TPSA) is 44.1 Å². The van der Waals surface area contributed by atoms with Crippen LogP contribution in [0.4, 0.5) is 0 Å². The third-order valence-corrected chi connectivity index (χ3v) is 12.0. The van der Waals surface area contributed by atoms with Gasteiger partial charge in [0.25, 0.3) is 0 Å². The normalized spacial score (nSPS) is 12.3. The lowest BCUT2D eigenvalue weighted by molar-refractivity contribution is 0.617. The van der Waals surface area contributed by atoms with Crippen molar-refractivity contribution >= 4 is 54.8 Å². The highest BCUT2D eigenvalue weighted by molar-refractivity contribution is 6.11. The van der Waals surface area contributed by atoms with Gasteiger partial charge in [-0.2, -0.15) is 0 Å². The second-order valence-corrected chi connectivity index (χ2v) is 15.5. The Hall–Kier alpha value is -7.95. The van der Waals surface area contributed by atoms with Crippen LogP contribution in [0.3, 0.4) is 0 Å². The van der Waals surface area contributed by atoms with Gasteiger partial charge in [0.2, 0.25) is 5.89 Å². The molecule has 1 unspecified atom stereocenters. The van der Waals surface area contributed by atoms with E-state index >= 15 is 0 Å². The van der Waals surface area contributed by atoms with Crippen molar-refractivity contribution in [2.24, 2.45) is 0 Å². The number of furan rings is 1. The summed E-state index contributed by atoms with van der Waals surface area (Å²) in [7, 11) is 0. The number of benzene rings is 9. The molecule has 0 N–H and O–H groups in total. The van der Waals surface area contributed by atoms with Crippen LogP contribution >= 0.6 is 0 Å². The van der Waals surface area contributed by atoms with Crippen LogP contribution in [-0.4, -0.2) is 9.55 Å². The third-order valence-electron chi connectivity index (χ3n) is 12.0. The molecular formula is C56H36N2O2. The van der Waals surface area contributed by atoms with Crippen molar-refractivity contribution in [3.8, 4) is 39.4 Å². The van der Waals surface area contributed by atoms with Gasteiger partial charge in [0.05, 0.1) is 11.0 Å². The summed E-state index contributed by atoms with van der Waals surface area (Å²) in [5.41, 5.74) is 16.0. The minimum Gasteiger partial charge on any atom is -0.456 e. The summed E-state index contributed by atoms with van der Waals surface area (Å²) in [5.74, 6) is 0.535. The second kappa shape index (κ2) is 13.9. The maximum Gasteiger partial charge on any atom is 0.227 e. The molecule has 0 saturated carbocycles. The molecule has 0 aliphatic heterocycles. The Balaban J connectivity index is 0.999. The summed E-state index contributed by atoms with van der Waals surface area (Å²) in [6, 6.07) is 75.6. The zero-order chi connectivity index (χ0) is 39.6. The average molecular weight is 769 g/mol. The van der Waals surface area contributed by atoms with Crippen LogP contribution in [0.2, 0.25) is 0 Å². The predicted octanol–water partition coefficient (Wildman–Crippen LogP) is 15.0. The number of rotatable bonds is 7. The van der Waals surface area contributed by atoms with E-state index in [4.69, 9.17) is 13.8 Å². The molecule has 3 heterocycles. The monoisotopic (exact) mass is 768 g/mol. The number of nitrogens with zero attached hydrogens (tertiary/aromatic N) is 2. The largest absolute Gasteiger partial charge is 0.456 e. The van der Waals surface area contributed by atoms with E-state index in [9.17, 15) is 0 Å². The molecule has 4 nitrogen and oxygen atoms in total. The quantitative estimate of drug-likeness (QED) is 0.152. The second-order valence-electron chi connectivity index (χ2n) is 15.5. The third kappa shape index (κ3) is 5.57. The molecule has 3 aromatic heterocycles. The number of para-hydroxylation sites is 3. The molecular weight excluding hydrogens is 733 g/mol. The maximum atomic E-state index is 6.49. The number of hydrogen-bond acceptors (Lipinski definition) is 3. The van der Waals surface area contributed by atoms with E-state index < -0.39 is 0 Å². The Morgan fingerprint density at radius 3 is 1.87 bits per heavy atom. The summed E-state index contributed by atoms with van der Waals surface area (Å²) in [6.45, 7) is 0. The number of hydrogen-bond donors (Lipinski definition) is 0. The molecule has 12 rings (SSSR count). The van der Waals surface area contributed by atoms with Crippen molar-refractivity contribution in [2.45, 2.75) is 5.92 Å². The molecule has 0 aliphatic carbocycles. The molecule has 0 radical (unpaired) electrons. The Morgan fingerprint density at radius 2 is 1.05 bits per heavy atom. The van der Waals surface area contributed by atoms with E-state index in [0.717, 1.165) is 49.8 Å². The lowest BCUT2D eigenvalue weighted by Crippen LogP contribution is -2.08. The van der Waals surface area contributed by atoms with Crippen LogP contribution in [0.1, 0.15) is 22.6 Å². The molecule has 282 valence electrons. The average Bonchev–Trinajstić information content (AvgIpc) is 4.01. The van der Waals surface area contributed by atoms with Crippen LogP contribution in [0, 0.1) is 0 Å². The highest BCUT2D eigenvalue weighted by Crippen LogP contribution is 2.44. The first-order valence-electron chi connectivity index (χ1n) is 20.4. The first-order chi connectivity index (χ1) is 29.7. The fourth-order valence-corrected chi connectivity index (χ4v) is 9.23. The molecule has 4 heteroatoms. The first-order valence-corrected chi connectivity index (χ1v) is 20.4. The van der Waals surface area contributed by atoms with Gasteiger partial charge < -0.3 is 13.4 Å². The smallest absolute Gasteiger partial charge is 0.227 e. The van der Waals surface area contributed by atoms with Gasteiger partial charge in [0.15, 0.2) is 5.58 Å². The molecule has 1 atom stereocenters. The summed E-state index contributed by atoms with van der Waals surface area (Å²) >= 11 is 0. The molecule has 12 aromatic rings. The summed E-state index contributed by atoms with van der Waals surface area (Å²) < 4.78 is 15.1. The number of aromatic nitrogens is 2. The van der Waals surface area contributed by atoms with Gasteiger partial charge >= 0.3 is 0 Å². The molecule has 0 saturated heterocycles. The molecule has 9 aromatic carbocycles. The van der Waals surface area contributed by atoms with Gasteiger partial charge in [-0.25, -0.2) is 4.98 Å². The van der Waals surface area contributed by atoms with Gasteiger partial charge in [-0.15, -0.1) is 0 Å². The van der Waals surface area contributed by atoms with Gasteiger partial charge in [-0.3, -0.25) is 0 Å². The highest BCUT2D eigenvalue weighted by atomic mass is 16.4. The SMILES string of the molecule is c1ccc(-c2nc3cc4c(cc3o2)oc2cc(-c3ccc(C(c5ccccc5-c5ccccc5)c5cccc6c7ccccc7n(-c7ccccc7)c56)cc3)ccc24)cc1. The van der Waals surface area contributed by atoms with Crippen LogP contribution in [0.5, 0.6) is 0 Å². The fraction of sp³-hybridized carbons (Fsp3) is 0.0179. The molecule has 0 bridgehead atoms. The Bertz CT molecular complexity index is 3530. The minimum absolute atomic E-state index is 0.0713. The fourth-order valence-electron chi connectivity index (χ4n) is 9.23. The van der Waals surface area contributed by atoms with Crippen LogP contribution in [0.15, 0.2) is 221 Å². The van der Waals surface area contributed by atoms with E-state index in [-0.39, 0.29) is 5.92 Å². The Labute approximate surface area is 346 Å². The van der Waals surface area contributed by atoms with Gasteiger partial charge in [-0.05, 0) is 87.5 Å². The Morgan fingerprint density at radius 1 is 0.400 bits per heavy atom. The Kier molecular flexibility index (Phi) is 7.88. The molecule has 0 aliphatic rings. The summed E-state index contributed by atoms with van der Waals surface area (Å²) in [4.78, 5) is 4.81. The van der Waals surface area contributed by atoms with Crippen molar-refractivity contribution in [2.75, 3.05) is 0 Å². The molecule has 0 spiro atoms. The van der Waals surface area contributed by atoms with E-state index in [1.807, 2.05) is 36.4 Å². The molecule has 60 heavy (non-hydrogen) atoms. The van der Waals surface area contributed by atoms with Crippen molar-refractivity contribution in [3.63, 3.8) is 0 Å². The zero-order valence-corrected chi connectivity index (χ0v) is 32.5. The lowest BCUT2D eigenvalue weighted by atomic mass is 9.80. The van der Waals surface area contributed by atoms with Crippen molar-refractivity contribution in [1.82, 2.24) is 9.55 Å². The number of fused-ring (bicyclic) bond motifs is 7. The molecule has 0 fully saturated rings. The standard InChI is InChI=1S/C56H36N2O2/c1-4-15-37(16-5-1)42-21-10-11-23-45(42)54(47-25-14-24-46-43-22-12-13-26-50(43)58(55(46)47)41-19-8-3-9-20-41)38-29-27-36(28-30-38)40-31-32-44-48-34-49-53(35-52(48)59-51(44)33-40)60-56(57-49)39-17-6-2-7-18-39/h1-35,54H. The van der Waals surface area contributed by atoms with Crippen molar-refractivity contribution in [3.05, 3.63) is 229 Å². The van der Waals surface area contributed by atoms with Crippen molar-refractivity contribution < 1.29 is 8.83 Å². The zero-order valence-electron chi connectivity index (χ0n) is 32.5. The van der Waals surface area contributed by atoms with Crippen LogP contribution in [0.25, 0.3) is 94.2 Å². The van der Waals surface area contributed by atoms with E-state index in [0.29, 0.717) is 11.5 Å². The van der Waals surface area contributed by atoms with Crippen molar-refractivity contribution in [1.29, 1.82) is 0 Å². The number of oxazole rings is 1. The summed E-state index contributed by atoms with van der Waals surface area (Å²) in [5, 5.41) is 4.56. The maximum absolute atomic E-state index is 6.49. The van der Waals surface area contributed by atoms with E-state index in [1.165, 1.54) is 49.6 Å². The minimum atomic E-state index is -0.0713. The van der Waals surface area contributed by atoms with Gasteiger partial charge in [-0.1, -0.05) is 158 Å². The predicted molar refractivity (Wildman–Crippen MR) is 246 cm³/mol. The summed E-state index contributed by atoms with van der Waals surface area (Å²) in [6.07, 6.45) is 0. The van der Waals surface area contributed by atoms with Crippen LogP contribution < -0.4 is 0 Å².